The van der Waals surface area contributed by atoms with Gasteiger partial charge >= 0.3 is 6.18 Å². The molecule has 2 unspecified atom stereocenters. The highest BCUT2D eigenvalue weighted by atomic mass is 35.5. The number of rotatable bonds is 2. The average Bonchev–Trinajstić information content (AvgIpc) is 2.40. The molecule has 2 rings (SSSR count). The maximum absolute atomic E-state index is 12.4. The van der Waals surface area contributed by atoms with Gasteiger partial charge in [0.1, 0.15) is 0 Å². The Labute approximate surface area is 120 Å². The Morgan fingerprint density at radius 1 is 1.15 bits per heavy atom. The van der Waals surface area contributed by atoms with Gasteiger partial charge < -0.3 is 5.32 Å². The van der Waals surface area contributed by atoms with Gasteiger partial charge in [-0.05, 0) is 37.1 Å². The Morgan fingerprint density at radius 2 is 1.75 bits per heavy atom. The second kappa shape index (κ2) is 6.04. The number of alkyl halides is 4. The lowest BCUT2D eigenvalue weighted by Crippen LogP contribution is -2.42. The summed E-state index contributed by atoms with van der Waals surface area (Å²) in [6.45, 7) is 0. The van der Waals surface area contributed by atoms with Gasteiger partial charge in [0.15, 0.2) is 0 Å². The zero-order valence-corrected chi connectivity index (χ0v) is 11.5. The van der Waals surface area contributed by atoms with Crippen LogP contribution in [0.4, 0.5) is 13.2 Å². The van der Waals surface area contributed by atoms with Gasteiger partial charge in [-0.1, -0.05) is 12.8 Å². The third-order valence-corrected chi connectivity index (χ3v) is 3.99. The molecule has 6 heteroatoms. The van der Waals surface area contributed by atoms with Gasteiger partial charge in [-0.2, -0.15) is 13.2 Å². The van der Waals surface area contributed by atoms with E-state index < -0.39 is 11.7 Å². The number of carbonyl (C=O) groups excluding carboxylic acids is 1. The molecule has 1 saturated carbocycles. The van der Waals surface area contributed by atoms with Crippen LogP contribution in [0.5, 0.6) is 0 Å². The normalized spacial score (nSPS) is 23.4. The quantitative estimate of drug-likeness (QED) is 0.823. The minimum Gasteiger partial charge on any atom is -0.348 e. The number of hydrogen-bond donors (Lipinski definition) is 1. The summed E-state index contributed by atoms with van der Waals surface area (Å²) in [4.78, 5) is 12.0. The van der Waals surface area contributed by atoms with Gasteiger partial charge in [0.2, 0.25) is 0 Å². The Bertz CT molecular complexity index is 472. The topological polar surface area (TPSA) is 29.1 Å². The van der Waals surface area contributed by atoms with Crippen molar-refractivity contribution in [2.45, 2.75) is 43.3 Å². The molecule has 1 aliphatic carbocycles. The molecule has 20 heavy (non-hydrogen) atoms. The fraction of sp³-hybridized carbons (Fsp3) is 0.500. The molecule has 2 nitrogen and oxygen atoms in total. The molecule has 1 aliphatic rings. The lowest BCUT2D eigenvalue weighted by molar-refractivity contribution is -0.137. The molecule has 0 heterocycles. The van der Waals surface area contributed by atoms with Crippen molar-refractivity contribution in [2.75, 3.05) is 0 Å². The van der Waals surface area contributed by atoms with E-state index in [1.165, 1.54) is 12.1 Å². The number of carbonyl (C=O) groups is 1. The molecule has 2 atom stereocenters. The molecule has 1 aromatic carbocycles. The number of benzene rings is 1. The van der Waals surface area contributed by atoms with Crippen molar-refractivity contribution in [3.63, 3.8) is 0 Å². The molecule has 0 spiro atoms. The van der Waals surface area contributed by atoms with E-state index in [1.54, 1.807) is 0 Å². The highest BCUT2D eigenvalue weighted by Crippen LogP contribution is 2.29. The van der Waals surface area contributed by atoms with E-state index in [4.69, 9.17) is 11.6 Å². The van der Waals surface area contributed by atoms with Crippen LogP contribution in [0.15, 0.2) is 24.3 Å². The summed E-state index contributed by atoms with van der Waals surface area (Å²) >= 11 is 6.14. The first-order valence-corrected chi connectivity index (χ1v) is 6.94. The first-order valence-electron chi connectivity index (χ1n) is 6.50. The standard InChI is InChI=1S/C14H15ClF3NO/c15-11-3-1-2-4-12(11)19-13(20)9-5-7-10(8-6-9)14(16,17)18/h5-8,11-12H,1-4H2,(H,19,20). The molecule has 1 amide bonds. The van der Waals surface area contributed by atoms with E-state index in [2.05, 4.69) is 5.32 Å². The van der Waals surface area contributed by atoms with E-state index >= 15 is 0 Å². The van der Waals surface area contributed by atoms with Gasteiger partial charge in [0.25, 0.3) is 5.91 Å². The van der Waals surface area contributed by atoms with Crippen LogP contribution in [-0.4, -0.2) is 17.3 Å². The molecule has 0 aliphatic heterocycles. The summed E-state index contributed by atoms with van der Waals surface area (Å²) in [5.41, 5.74) is -0.547. The van der Waals surface area contributed by atoms with Crippen molar-refractivity contribution in [2.24, 2.45) is 0 Å². The third kappa shape index (κ3) is 3.66. The van der Waals surface area contributed by atoms with Crippen molar-refractivity contribution < 1.29 is 18.0 Å². The van der Waals surface area contributed by atoms with Crippen molar-refractivity contribution in [3.05, 3.63) is 35.4 Å². The van der Waals surface area contributed by atoms with Crippen LogP contribution in [0.25, 0.3) is 0 Å². The molecule has 0 saturated heterocycles. The predicted molar refractivity (Wildman–Crippen MR) is 70.8 cm³/mol. The summed E-state index contributed by atoms with van der Waals surface area (Å²) < 4.78 is 37.3. The summed E-state index contributed by atoms with van der Waals surface area (Å²) in [6.07, 6.45) is -0.693. The molecular weight excluding hydrogens is 291 g/mol. The number of halogens is 4. The van der Waals surface area contributed by atoms with Crippen molar-refractivity contribution in [1.82, 2.24) is 5.32 Å². The largest absolute Gasteiger partial charge is 0.416 e. The molecule has 1 aromatic rings. The SMILES string of the molecule is O=C(NC1CCCCC1Cl)c1ccc(C(F)(F)F)cc1. The summed E-state index contributed by atoms with van der Waals surface area (Å²) in [5.74, 6) is -0.378. The van der Waals surface area contributed by atoms with Gasteiger partial charge in [-0.3, -0.25) is 4.79 Å². The van der Waals surface area contributed by atoms with Gasteiger partial charge in [0, 0.05) is 11.6 Å². The second-order valence-electron chi connectivity index (χ2n) is 4.96. The van der Waals surface area contributed by atoms with E-state index in [-0.39, 0.29) is 22.9 Å². The summed E-state index contributed by atoms with van der Waals surface area (Å²) in [7, 11) is 0. The maximum Gasteiger partial charge on any atom is 0.416 e. The van der Waals surface area contributed by atoms with Crippen LogP contribution in [0, 0.1) is 0 Å². The lowest BCUT2D eigenvalue weighted by atomic mass is 9.94. The fourth-order valence-electron chi connectivity index (χ4n) is 2.31. The molecule has 1 N–H and O–H groups in total. The summed E-state index contributed by atoms with van der Waals surface area (Å²) in [5, 5.41) is 2.68. The first-order chi connectivity index (χ1) is 9.38. The van der Waals surface area contributed by atoms with E-state index in [0.717, 1.165) is 37.8 Å². The number of hydrogen-bond acceptors (Lipinski definition) is 1. The smallest absolute Gasteiger partial charge is 0.348 e. The van der Waals surface area contributed by atoms with Crippen LogP contribution in [0.2, 0.25) is 0 Å². The van der Waals surface area contributed by atoms with Gasteiger partial charge in [0.05, 0.1) is 10.9 Å². The Hall–Kier alpha value is -1.23. The molecule has 0 bridgehead atoms. The minimum atomic E-state index is -4.39. The van der Waals surface area contributed by atoms with E-state index in [1.807, 2.05) is 0 Å². The monoisotopic (exact) mass is 305 g/mol. The van der Waals surface area contributed by atoms with Crippen LogP contribution in [0.3, 0.4) is 0 Å². The molecule has 0 aromatic heterocycles. The van der Waals surface area contributed by atoms with Crippen molar-refractivity contribution >= 4 is 17.5 Å². The minimum absolute atomic E-state index is 0.109. The highest BCUT2D eigenvalue weighted by Gasteiger charge is 2.30. The average molecular weight is 306 g/mol. The zero-order valence-electron chi connectivity index (χ0n) is 10.7. The first kappa shape index (κ1) is 15.2. The predicted octanol–water partition coefficient (Wildman–Crippen LogP) is 3.99. The van der Waals surface area contributed by atoms with Crippen molar-refractivity contribution in [1.29, 1.82) is 0 Å². The molecule has 110 valence electrons. The highest BCUT2D eigenvalue weighted by molar-refractivity contribution is 6.21. The van der Waals surface area contributed by atoms with Crippen LogP contribution in [-0.2, 0) is 6.18 Å². The van der Waals surface area contributed by atoms with Crippen LogP contribution < -0.4 is 5.32 Å². The molecule has 1 fully saturated rings. The van der Waals surface area contributed by atoms with Crippen LogP contribution in [0.1, 0.15) is 41.6 Å². The molecular formula is C14H15ClF3NO. The van der Waals surface area contributed by atoms with Gasteiger partial charge in [-0.15, -0.1) is 11.6 Å². The lowest BCUT2D eigenvalue weighted by Gasteiger charge is -2.27. The maximum atomic E-state index is 12.4. The van der Waals surface area contributed by atoms with E-state index in [9.17, 15) is 18.0 Å². The summed E-state index contributed by atoms with van der Waals surface area (Å²) in [6, 6.07) is 4.08. The Morgan fingerprint density at radius 3 is 2.30 bits per heavy atom. The van der Waals surface area contributed by atoms with E-state index in [0.29, 0.717) is 0 Å². The Kier molecular flexibility index (Phi) is 4.58. The Balaban J connectivity index is 2.02. The van der Waals surface area contributed by atoms with Gasteiger partial charge in [-0.25, -0.2) is 0 Å². The number of amides is 1. The number of nitrogens with one attached hydrogen (secondary N) is 1. The van der Waals surface area contributed by atoms with Crippen LogP contribution >= 0.6 is 11.6 Å². The molecule has 0 radical (unpaired) electrons. The fourth-order valence-corrected chi connectivity index (χ4v) is 2.65. The third-order valence-electron chi connectivity index (χ3n) is 3.47. The second-order valence-corrected chi connectivity index (χ2v) is 5.52. The zero-order chi connectivity index (χ0) is 14.8. The van der Waals surface area contributed by atoms with Crippen molar-refractivity contribution in [3.8, 4) is 0 Å².